The second-order valence-corrected chi connectivity index (χ2v) is 7.03. The SMILES string of the molecule is O=C(Nc1ccc(OC(F)F)c(Cc2ccccc2)c1)c1ccc2c(c1)OCCCO2. The first-order valence-electron chi connectivity index (χ1n) is 9.91. The van der Waals surface area contributed by atoms with Gasteiger partial charge in [-0.05, 0) is 42.0 Å². The molecule has 0 unspecified atom stereocenters. The van der Waals surface area contributed by atoms with Gasteiger partial charge in [-0.1, -0.05) is 30.3 Å². The first-order chi connectivity index (χ1) is 15.1. The minimum atomic E-state index is -2.93. The summed E-state index contributed by atoms with van der Waals surface area (Å²) in [6.07, 6.45) is 1.16. The van der Waals surface area contributed by atoms with E-state index < -0.39 is 6.61 Å². The van der Waals surface area contributed by atoms with E-state index in [1.807, 2.05) is 30.3 Å². The molecule has 1 heterocycles. The molecule has 3 aromatic rings. The number of halogens is 2. The molecule has 0 bridgehead atoms. The number of fused-ring (bicyclic) bond motifs is 1. The van der Waals surface area contributed by atoms with Crippen LogP contribution >= 0.6 is 0 Å². The van der Waals surface area contributed by atoms with Crippen LogP contribution in [0.25, 0.3) is 0 Å². The van der Waals surface area contributed by atoms with Gasteiger partial charge in [0.05, 0.1) is 13.2 Å². The molecule has 0 radical (unpaired) electrons. The maximum absolute atomic E-state index is 12.8. The Morgan fingerprint density at radius 3 is 2.52 bits per heavy atom. The van der Waals surface area contributed by atoms with E-state index in [9.17, 15) is 13.6 Å². The summed E-state index contributed by atoms with van der Waals surface area (Å²) in [6, 6.07) is 19.0. The standard InChI is InChI=1S/C24H21F2NO4/c25-24(26)31-20-10-8-19(14-18(20)13-16-5-2-1-3-6-16)27-23(28)17-7-9-21-22(15-17)30-12-4-11-29-21/h1-3,5-10,14-15,24H,4,11-13H2,(H,27,28). The van der Waals surface area contributed by atoms with Crippen molar-refractivity contribution < 1.29 is 27.8 Å². The molecule has 0 saturated heterocycles. The number of carbonyl (C=O) groups is 1. The summed E-state index contributed by atoms with van der Waals surface area (Å²) in [6.45, 7) is -1.85. The summed E-state index contributed by atoms with van der Waals surface area (Å²) in [5.74, 6) is 0.861. The highest BCUT2D eigenvalue weighted by Crippen LogP contribution is 2.31. The largest absolute Gasteiger partial charge is 0.490 e. The monoisotopic (exact) mass is 425 g/mol. The number of hydrogen-bond acceptors (Lipinski definition) is 4. The van der Waals surface area contributed by atoms with E-state index in [-0.39, 0.29) is 11.7 Å². The molecule has 0 atom stereocenters. The summed E-state index contributed by atoms with van der Waals surface area (Å²) >= 11 is 0. The molecule has 0 aliphatic carbocycles. The van der Waals surface area contributed by atoms with E-state index in [0.717, 1.165) is 12.0 Å². The van der Waals surface area contributed by atoms with Crippen molar-refractivity contribution in [1.29, 1.82) is 0 Å². The van der Waals surface area contributed by atoms with Gasteiger partial charge in [0, 0.05) is 29.7 Å². The molecule has 3 aromatic carbocycles. The van der Waals surface area contributed by atoms with Crippen LogP contribution in [-0.4, -0.2) is 25.7 Å². The smallest absolute Gasteiger partial charge is 0.387 e. The second-order valence-electron chi connectivity index (χ2n) is 7.03. The Labute approximate surface area is 178 Å². The summed E-state index contributed by atoms with van der Waals surface area (Å²) in [5, 5.41) is 2.81. The lowest BCUT2D eigenvalue weighted by Gasteiger charge is -2.14. The molecular weight excluding hydrogens is 404 g/mol. The lowest BCUT2D eigenvalue weighted by molar-refractivity contribution is -0.0503. The highest BCUT2D eigenvalue weighted by molar-refractivity contribution is 6.04. The zero-order chi connectivity index (χ0) is 21.6. The number of ether oxygens (including phenoxy) is 3. The Hall–Kier alpha value is -3.61. The van der Waals surface area contributed by atoms with Crippen LogP contribution in [0.2, 0.25) is 0 Å². The van der Waals surface area contributed by atoms with Crippen molar-refractivity contribution in [1.82, 2.24) is 0 Å². The van der Waals surface area contributed by atoms with Crippen molar-refractivity contribution >= 4 is 11.6 Å². The fourth-order valence-electron chi connectivity index (χ4n) is 3.33. The van der Waals surface area contributed by atoms with Crippen molar-refractivity contribution in [2.75, 3.05) is 18.5 Å². The molecule has 7 heteroatoms. The van der Waals surface area contributed by atoms with Crippen LogP contribution in [0.15, 0.2) is 66.7 Å². The third kappa shape index (κ3) is 5.31. The summed E-state index contributed by atoms with van der Waals surface area (Å²) in [4.78, 5) is 12.8. The van der Waals surface area contributed by atoms with E-state index in [1.165, 1.54) is 12.1 Å². The summed E-state index contributed by atoms with van der Waals surface area (Å²) in [5.41, 5.74) is 2.36. The van der Waals surface area contributed by atoms with E-state index in [0.29, 0.717) is 47.9 Å². The van der Waals surface area contributed by atoms with Crippen LogP contribution in [0.4, 0.5) is 14.5 Å². The van der Waals surface area contributed by atoms with Crippen molar-refractivity contribution in [3.63, 3.8) is 0 Å². The predicted molar refractivity (Wildman–Crippen MR) is 112 cm³/mol. The van der Waals surface area contributed by atoms with Gasteiger partial charge in [-0.15, -0.1) is 0 Å². The van der Waals surface area contributed by atoms with Crippen molar-refractivity contribution in [3.05, 3.63) is 83.4 Å². The zero-order valence-corrected chi connectivity index (χ0v) is 16.6. The molecule has 160 valence electrons. The highest BCUT2D eigenvalue weighted by Gasteiger charge is 2.16. The van der Waals surface area contributed by atoms with Crippen LogP contribution in [0.5, 0.6) is 17.2 Å². The van der Waals surface area contributed by atoms with Gasteiger partial charge in [-0.3, -0.25) is 4.79 Å². The maximum atomic E-state index is 12.8. The van der Waals surface area contributed by atoms with Gasteiger partial charge in [-0.2, -0.15) is 8.78 Å². The Bertz CT molecular complexity index is 1060. The van der Waals surface area contributed by atoms with Gasteiger partial charge in [0.15, 0.2) is 11.5 Å². The molecule has 1 N–H and O–H groups in total. The number of benzene rings is 3. The molecule has 5 nitrogen and oxygen atoms in total. The molecule has 4 rings (SSSR count). The molecular formula is C24H21F2NO4. The van der Waals surface area contributed by atoms with E-state index >= 15 is 0 Å². The molecule has 0 aromatic heterocycles. The predicted octanol–water partition coefficient (Wildman–Crippen LogP) is 5.29. The number of carbonyl (C=O) groups excluding carboxylic acids is 1. The number of amides is 1. The number of anilines is 1. The van der Waals surface area contributed by atoms with Crippen LogP contribution in [-0.2, 0) is 6.42 Å². The van der Waals surface area contributed by atoms with Crippen molar-refractivity contribution in [2.45, 2.75) is 19.5 Å². The number of hydrogen-bond donors (Lipinski definition) is 1. The normalized spacial score (nSPS) is 12.9. The molecule has 1 amide bonds. The zero-order valence-electron chi connectivity index (χ0n) is 16.6. The van der Waals surface area contributed by atoms with Gasteiger partial charge < -0.3 is 19.5 Å². The molecule has 31 heavy (non-hydrogen) atoms. The van der Waals surface area contributed by atoms with Crippen LogP contribution in [0.1, 0.15) is 27.9 Å². The maximum Gasteiger partial charge on any atom is 0.387 e. The Morgan fingerprint density at radius 2 is 1.74 bits per heavy atom. The minimum absolute atomic E-state index is 0.0763. The van der Waals surface area contributed by atoms with Gasteiger partial charge in [-0.25, -0.2) is 0 Å². The Kier molecular flexibility index (Phi) is 6.31. The number of rotatable bonds is 6. The molecule has 0 saturated carbocycles. The van der Waals surface area contributed by atoms with Crippen molar-refractivity contribution in [2.24, 2.45) is 0 Å². The molecule has 1 aliphatic heterocycles. The quantitative estimate of drug-likeness (QED) is 0.583. The fourth-order valence-corrected chi connectivity index (χ4v) is 3.33. The number of alkyl halides is 2. The van der Waals surface area contributed by atoms with Crippen molar-refractivity contribution in [3.8, 4) is 17.2 Å². The van der Waals surface area contributed by atoms with Gasteiger partial charge in [0.25, 0.3) is 5.91 Å². The highest BCUT2D eigenvalue weighted by atomic mass is 19.3. The minimum Gasteiger partial charge on any atom is -0.490 e. The van der Waals surface area contributed by atoms with E-state index in [4.69, 9.17) is 9.47 Å². The average Bonchev–Trinajstić information content (AvgIpc) is 3.01. The van der Waals surface area contributed by atoms with Gasteiger partial charge in [0.1, 0.15) is 5.75 Å². The molecule has 0 fully saturated rings. The topological polar surface area (TPSA) is 56.8 Å². The van der Waals surface area contributed by atoms with E-state index in [1.54, 1.807) is 24.3 Å². The second kappa shape index (κ2) is 9.47. The third-order valence-electron chi connectivity index (χ3n) is 4.78. The Balaban J connectivity index is 1.55. The summed E-state index contributed by atoms with van der Waals surface area (Å²) < 4.78 is 41.5. The lowest BCUT2D eigenvalue weighted by atomic mass is 10.0. The molecule has 1 aliphatic rings. The molecule has 0 spiro atoms. The van der Waals surface area contributed by atoms with Crippen LogP contribution in [0, 0.1) is 0 Å². The Morgan fingerprint density at radius 1 is 0.968 bits per heavy atom. The lowest BCUT2D eigenvalue weighted by Crippen LogP contribution is -2.13. The van der Waals surface area contributed by atoms with Crippen LogP contribution < -0.4 is 19.5 Å². The average molecular weight is 425 g/mol. The van der Waals surface area contributed by atoms with E-state index in [2.05, 4.69) is 10.1 Å². The van der Waals surface area contributed by atoms with Gasteiger partial charge >= 0.3 is 6.61 Å². The van der Waals surface area contributed by atoms with Crippen LogP contribution in [0.3, 0.4) is 0 Å². The first kappa shape index (κ1) is 20.7. The third-order valence-corrected chi connectivity index (χ3v) is 4.78. The fraction of sp³-hybridized carbons (Fsp3) is 0.208. The summed E-state index contributed by atoms with van der Waals surface area (Å²) in [7, 11) is 0. The van der Waals surface area contributed by atoms with Gasteiger partial charge in [0.2, 0.25) is 0 Å². The first-order valence-corrected chi connectivity index (χ1v) is 9.91. The number of nitrogens with one attached hydrogen (secondary N) is 1.